The van der Waals surface area contributed by atoms with Crippen molar-refractivity contribution in [2.45, 2.75) is 19.8 Å². The fraction of sp³-hybridized carbons (Fsp3) is 0.435. The first-order valence-electron chi connectivity index (χ1n) is 10.6. The quantitative estimate of drug-likeness (QED) is 0.370. The summed E-state index contributed by atoms with van der Waals surface area (Å²) in [6.45, 7) is 1.17. The molecule has 0 radical (unpaired) electrons. The van der Waals surface area contributed by atoms with Gasteiger partial charge in [0, 0.05) is 5.69 Å². The molecule has 0 spiro atoms. The Bertz CT molecular complexity index is 955. The summed E-state index contributed by atoms with van der Waals surface area (Å²) < 4.78 is 9.98. The molecule has 1 saturated heterocycles. The molecule has 1 heterocycles. The molecule has 9 heteroatoms. The number of benzene rings is 1. The molecule has 0 aromatic heterocycles. The number of likely N-dealkylation sites (tertiary alicyclic amines) is 1. The number of hydrogen-bond donors (Lipinski definition) is 1. The molecule has 4 atom stereocenters. The number of allylic oxidation sites excluding steroid dienone is 2. The van der Waals surface area contributed by atoms with Crippen molar-refractivity contribution < 1.29 is 33.4 Å². The Labute approximate surface area is 184 Å². The van der Waals surface area contributed by atoms with Crippen molar-refractivity contribution in [3.05, 3.63) is 42.0 Å². The van der Waals surface area contributed by atoms with Crippen LogP contribution < -0.4 is 5.32 Å². The largest absolute Gasteiger partial charge is 0.462 e. The van der Waals surface area contributed by atoms with Crippen LogP contribution in [-0.4, -0.2) is 54.3 Å². The van der Waals surface area contributed by atoms with Crippen molar-refractivity contribution in [1.82, 2.24) is 4.90 Å². The number of hydrogen-bond acceptors (Lipinski definition) is 7. The fourth-order valence-electron chi connectivity index (χ4n) is 4.61. The highest BCUT2D eigenvalue weighted by atomic mass is 16.5. The highest BCUT2D eigenvalue weighted by molar-refractivity contribution is 6.08. The van der Waals surface area contributed by atoms with Crippen LogP contribution in [0.3, 0.4) is 0 Å². The highest BCUT2D eigenvalue weighted by Crippen LogP contribution is 2.52. The van der Waals surface area contributed by atoms with Gasteiger partial charge in [0.15, 0.2) is 6.61 Å². The maximum absolute atomic E-state index is 12.6. The molecule has 2 bridgehead atoms. The minimum absolute atomic E-state index is 0.0631. The lowest BCUT2D eigenvalue weighted by Gasteiger charge is -2.16. The molecule has 1 aliphatic heterocycles. The lowest BCUT2D eigenvalue weighted by atomic mass is 9.85. The first-order chi connectivity index (χ1) is 15.4. The minimum atomic E-state index is -0.823. The number of fused-ring (bicyclic) bond motifs is 5. The number of rotatable bonds is 8. The Balaban J connectivity index is 1.23. The van der Waals surface area contributed by atoms with Gasteiger partial charge >= 0.3 is 11.9 Å². The number of anilines is 1. The van der Waals surface area contributed by atoms with Gasteiger partial charge in [-0.3, -0.25) is 24.1 Å². The van der Waals surface area contributed by atoms with Gasteiger partial charge < -0.3 is 14.8 Å². The van der Waals surface area contributed by atoms with Gasteiger partial charge in [0.1, 0.15) is 6.54 Å². The van der Waals surface area contributed by atoms with E-state index >= 15 is 0 Å². The summed E-state index contributed by atoms with van der Waals surface area (Å²) in [7, 11) is 0. The van der Waals surface area contributed by atoms with Crippen molar-refractivity contribution in [2.24, 2.45) is 23.7 Å². The van der Waals surface area contributed by atoms with Crippen molar-refractivity contribution >= 4 is 35.3 Å². The predicted octanol–water partition coefficient (Wildman–Crippen LogP) is 1.54. The second kappa shape index (κ2) is 8.94. The van der Waals surface area contributed by atoms with Crippen molar-refractivity contribution in [1.29, 1.82) is 0 Å². The summed E-state index contributed by atoms with van der Waals surface area (Å²) in [5.41, 5.74) is 0.773. The van der Waals surface area contributed by atoms with E-state index in [2.05, 4.69) is 5.32 Å². The van der Waals surface area contributed by atoms with Crippen LogP contribution in [0.1, 0.15) is 30.1 Å². The molecule has 1 saturated carbocycles. The summed E-state index contributed by atoms with van der Waals surface area (Å²) in [6.07, 6.45) is 5.48. The van der Waals surface area contributed by atoms with E-state index in [-0.39, 0.29) is 35.5 Å². The van der Waals surface area contributed by atoms with E-state index in [4.69, 9.17) is 9.47 Å². The SMILES string of the molecule is CCCOC(=O)c1ccc(NC(=O)COC(=O)CN2C(=O)[C@H]3[C@H](C2=O)[C@H]2C=C[C@H]3C2)cc1. The number of nitrogens with one attached hydrogen (secondary N) is 1. The van der Waals surface area contributed by atoms with Crippen LogP contribution in [0.4, 0.5) is 5.69 Å². The molecule has 1 aromatic carbocycles. The zero-order valence-corrected chi connectivity index (χ0v) is 17.6. The Morgan fingerprint density at radius 3 is 2.22 bits per heavy atom. The summed E-state index contributed by atoms with van der Waals surface area (Å²) in [5, 5.41) is 2.55. The molecule has 3 aliphatic rings. The van der Waals surface area contributed by atoms with E-state index in [1.54, 1.807) is 0 Å². The van der Waals surface area contributed by atoms with Gasteiger partial charge in [0.2, 0.25) is 11.8 Å². The van der Waals surface area contributed by atoms with Crippen LogP contribution in [0.2, 0.25) is 0 Å². The Kier molecular flexibility index (Phi) is 6.07. The lowest BCUT2D eigenvalue weighted by molar-refractivity contribution is -0.154. The molecular weight excluding hydrogens is 416 g/mol. The highest BCUT2D eigenvalue weighted by Gasteiger charge is 2.59. The standard InChI is InChI=1S/C23H24N2O7/c1-2-9-31-23(30)13-5-7-16(8-6-13)24-17(26)12-32-18(27)11-25-21(28)19-14-3-4-15(10-14)20(19)22(25)29/h3-8,14-15,19-20H,2,9-12H2,1H3,(H,24,26)/t14-,15-,19+,20+/m0/s1. The van der Waals surface area contributed by atoms with Gasteiger partial charge in [-0.15, -0.1) is 0 Å². The molecule has 2 fully saturated rings. The minimum Gasteiger partial charge on any atom is -0.462 e. The third-order valence-corrected chi connectivity index (χ3v) is 6.05. The second-order valence-electron chi connectivity index (χ2n) is 8.18. The maximum atomic E-state index is 12.6. The zero-order valence-electron chi connectivity index (χ0n) is 17.6. The van der Waals surface area contributed by atoms with Gasteiger partial charge in [-0.05, 0) is 48.9 Å². The number of imide groups is 1. The van der Waals surface area contributed by atoms with Crippen LogP contribution in [-0.2, 0) is 28.7 Å². The maximum Gasteiger partial charge on any atom is 0.338 e. The molecule has 32 heavy (non-hydrogen) atoms. The van der Waals surface area contributed by atoms with E-state index in [1.165, 1.54) is 24.3 Å². The van der Waals surface area contributed by atoms with Gasteiger partial charge in [-0.1, -0.05) is 19.1 Å². The molecule has 1 N–H and O–H groups in total. The van der Waals surface area contributed by atoms with Gasteiger partial charge in [-0.25, -0.2) is 4.79 Å². The van der Waals surface area contributed by atoms with Crippen molar-refractivity contribution in [3.8, 4) is 0 Å². The average Bonchev–Trinajstić information content (AvgIpc) is 3.47. The fourth-order valence-corrected chi connectivity index (χ4v) is 4.61. The molecule has 3 amide bonds. The number of carbonyl (C=O) groups excluding carboxylic acids is 5. The molecule has 4 rings (SSSR count). The molecular formula is C23H24N2O7. The Morgan fingerprint density at radius 1 is 1.00 bits per heavy atom. The first kappa shape index (κ1) is 21.7. The van der Waals surface area contributed by atoms with E-state index in [0.717, 1.165) is 17.7 Å². The van der Waals surface area contributed by atoms with Gasteiger partial charge in [-0.2, -0.15) is 0 Å². The van der Waals surface area contributed by atoms with Crippen LogP contribution in [0, 0.1) is 23.7 Å². The van der Waals surface area contributed by atoms with Crippen LogP contribution in [0.15, 0.2) is 36.4 Å². The third-order valence-electron chi connectivity index (χ3n) is 6.05. The topological polar surface area (TPSA) is 119 Å². The third kappa shape index (κ3) is 4.15. The van der Waals surface area contributed by atoms with Crippen molar-refractivity contribution in [3.63, 3.8) is 0 Å². The van der Waals surface area contributed by atoms with Gasteiger partial charge in [0.05, 0.1) is 24.0 Å². The van der Waals surface area contributed by atoms with Gasteiger partial charge in [0.25, 0.3) is 5.91 Å². The predicted molar refractivity (Wildman–Crippen MR) is 111 cm³/mol. The number of carbonyl (C=O) groups is 5. The zero-order chi connectivity index (χ0) is 22.8. The van der Waals surface area contributed by atoms with E-state index in [9.17, 15) is 24.0 Å². The number of amides is 3. The molecule has 2 aliphatic carbocycles. The molecule has 168 valence electrons. The van der Waals surface area contributed by atoms with E-state index < -0.39 is 31.0 Å². The smallest absolute Gasteiger partial charge is 0.338 e. The molecule has 1 aromatic rings. The van der Waals surface area contributed by atoms with Crippen LogP contribution in [0.5, 0.6) is 0 Å². The average molecular weight is 440 g/mol. The second-order valence-corrected chi connectivity index (χ2v) is 8.18. The Morgan fingerprint density at radius 2 is 1.62 bits per heavy atom. The lowest BCUT2D eigenvalue weighted by Crippen LogP contribution is -2.38. The summed E-state index contributed by atoms with van der Waals surface area (Å²) in [6, 6.07) is 6.10. The number of ether oxygens (including phenoxy) is 2. The normalized spacial score (nSPS) is 25.1. The van der Waals surface area contributed by atoms with E-state index in [0.29, 0.717) is 17.9 Å². The Hall–Kier alpha value is -3.49. The van der Waals surface area contributed by atoms with Crippen LogP contribution >= 0.6 is 0 Å². The molecule has 0 unspecified atom stereocenters. The van der Waals surface area contributed by atoms with Crippen molar-refractivity contribution in [2.75, 3.05) is 25.1 Å². The van der Waals surface area contributed by atoms with Crippen LogP contribution in [0.25, 0.3) is 0 Å². The summed E-state index contributed by atoms with van der Waals surface area (Å²) in [5.74, 6) is -3.16. The number of esters is 2. The number of nitrogens with zero attached hydrogens (tertiary/aromatic N) is 1. The summed E-state index contributed by atoms with van der Waals surface area (Å²) >= 11 is 0. The monoisotopic (exact) mass is 440 g/mol. The summed E-state index contributed by atoms with van der Waals surface area (Å²) in [4.78, 5) is 62.1. The molecule has 9 nitrogen and oxygen atoms in total. The first-order valence-corrected chi connectivity index (χ1v) is 10.6. The van der Waals surface area contributed by atoms with E-state index in [1.807, 2.05) is 19.1 Å².